The van der Waals surface area contributed by atoms with E-state index >= 15 is 0 Å². The van der Waals surface area contributed by atoms with Crippen LogP contribution in [0.25, 0.3) is 0 Å². The molecule has 1 rings (SSSR count). The summed E-state index contributed by atoms with van der Waals surface area (Å²) in [7, 11) is 0.424. The van der Waals surface area contributed by atoms with E-state index in [1.807, 2.05) is 29.9 Å². The molecule has 0 aromatic carbocycles. The first-order valence-electron chi connectivity index (χ1n) is 3.81. The first-order chi connectivity index (χ1) is 5.36. The van der Waals surface area contributed by atoms with Gasteiger partial charge in [-0.3, -0.25) is 4.23 Å². The van der Waals surface area contributed by atoms with Gasteiger partial charge in [0.15, 0.2) is 0 Å². The number of nitrogens with zero attached hydrogens (tertiary/aromatic N) is 2. The number of rotatable bonds is 4. The Morgan fingerprint density at radius 1 is 1.55 bits per heavy atom. The molecule has 0 aliphatic heterocycles. The maximum Gasteiger partial charge on any atom is 0.546 e. The van der Waals surface area contributed by atoms with Crippen molar-refractivity contribution in [1.29, 1.82) is 0 Å². The zero-order valence-electron chi connectivity index (χ0n) is 6.95. The molecule has 1 aromatic heterocycles. The van der Waals surface area contributed by atoms with Gasteiger partial charge in [0.2, 0.25) is 6.33 Å². The summed E-state index contributed by atoms with van der Waals surface area (Å²) in [5.41, 5.74) is 0. The predicted octanol–water partition coefficient (Wildman–Crippen LogP) is 0.214. The number of imidazole rings is 1. The van der Waals surface area contributed by atoms with E-state index in [0.717, 1.165) is 13.2 Å². The highest BCUT2D eigenvalue weighted by Gasteiger charge is 2.04. The maximum absolute atomic E-state index is 5.25. The predicted molar refractivity (Wildman–Crippen MR) is 43.1 cm³/mol. The summed E-state index contributed by atoms with van der Waals surface area (Å²) in [5, 5.41) is 0. The van der Waals surface area contributed by atoms with Crippen molar-refractivity contribution in [3.8, 4) is 0 Å². The van der Waals surface area contributed by atoms with Gasteiger partial charge in [0.1, 0.15) is 12.4 Å². The van der Waals surface area contributed by atoms with E-state index < -0.39 is 0 Å². The lowest BCUT2D eigenvalue weighted by Gasteiger charge is -1.90. The average Bonchev–Trinajstić information content (AvgIpc) is 2.48. The molecule has 0 bridgehead atoms. The van der Waals surface area contributed by atoms with Crippen LogP contribution in [0.1, 0.15) is 13.8 Å². The van der Waals surface area contributed by atoms with E-state index in [9.17, 15) is 0 Å². The van der Waals surface area contributed by atoms with Crippen LogP contribution < -0.4 is 4.57 Å². The first-order valence-corrected chi connectivity index (χ1v) is 4.67. The highest BCUT2D eigenvalue weighted by atomic mass is 28.2. The fourth-order valence-corrected chi connectivity index (χ4v) is 1.38. The van der Waals surface area contributed by atoms with Crippen LogP contribution in [0.5, 0.6) is 0 Å². The van der Waals surface area contributed by atoms with Crippen molar-refractivity contribution in [3.63, 3.8) is 0 Å². The summed E-state index contributed by atoms with van der Waals surface area (Å²) in [6.07, 6.45) is 6.12. The summed E-state index contributed by atoms with van der Waals surface area (Å²) >= 11 is 0. The number of aromatic nitrogens is 2. The summed E-state index contributed by atoms with van der Waals surface area (Å²) in [6.45, 7) is 5.92. The zero-order valence-corrected chi connectivity index (χ0v) is 7.95. The van der Waals surface area contributed by atoms with Gasteiger partial charge in [-0.2, -0.15) is 0 Å². The SMILES string of the molecule is CCO[Si]n1cc[n+](CC)c1. The number of hydrogen-bond acceptors (Lipinski definition) is 1. The van der Waals surface area contributed by atoms with Crippen LogP contribution in [0.15, 0.2) is 18.7 Å². The summed E-state index contributed by atoms with van der Waals surface area (Å²) in [4.78, 5) is 0. The minimum Gasteiger partial charge on any atom is -0.378 e. The third-order valence-electron chi connectivity index (χ3n) is 1.37. The van der Waals surface area contributed by atoms with Crippen LogP contribution in [0, 0.1) is 0 Å². The van der Waals surface area contributed by atoms with Crippen molar-refractivity contribution in [2.75, 3.05) is 6.61 Å². The van der Waals surface area contributed by atoms with Gasteiger partial charge in [-0.05, 0) is 13.8 Å². The molecule has 2 radical (unpaired) electrons. The molecule has 60 valence electrons. The van der Waals surface area contributed by atoms with Gasteiger partial charge in [0, 0.05) is 6.61 Å². The molecule has 0 aliphatic carbocycles. The van der Waals surface area contributed by atoms with Crippen molar-refractivity contribution in [1.82, 2.24) is 4.23 Å². The van der Waals surface area contributed by atoms with Crippen molar-refractivity contribution >= 4 is 9.92 Å². The van der Waals surface area contributed by atoms with Crippen LogP contribution in [0.3, 0.4) is 0 Å². The Morgan fingerprint density at radius 2 is 2.36 bits per heavy atom. The summed E-state index contributed by atoms with van der Waals surface area (Å²) in [6, 6.07) is 0. The largest absolute Gasteiger partial charge is 0.546 e. The molecule has 1 heterocycles. The molecule has 0 N–H and O–H groups in total. The zero-order chi connectivity index (χ0) is 8.10. The molecule has 4 heteroatoms. The molecule has 0 spiro atoms. The Labute approximate surface area is 69.6 Å². The lowest BCUT2D eigenvalue weighted by molar-refractivity contribution is -0.692. The molecule has 0 unspecified atom stereocenters. The number of hydrogen-bond donors (Lipinski definition) is 0. The van der Waals surface area contributed by atoms with Gasteiger partial charge < -0.3 is 4.43 Å². The highest BCUT2D eigenvalue weighted by molar-refractivity contribution is 6.24. The van der Waals surface area contributed by atoms with Crippen LogP contribution in [-0.2, 0) is 11.0 Å². The van der Waals surface area contributed by atoms with Crippen LogP contribution in [0.2, 0.25) is 0 Å². The summed E-state index contributed by atoms with van der Waals surface area (Å²) < 4.78 is 9.42. The minimum atomic E-state index is 0.424. The van der Waals surface area contributed by atoms with Crippen molar-refractivity contribution in [2.24, 2.45) is 0 Å². The second-order valence-electron chi connectivity index (χ2n) is 2.18. The van der Waals surface area contributed by atoms with Crippen molar-refractivity contribution in [2.45, 2.75) is 20.4 Å². The quantitative estimate of drug-likeness (QED) is 0.465. The minimum absolute atomic E-state index is 0.424. The van der Waals surface area contributed by atoms with Gasteiger partial charge in [-0.15, -0.1) is 0 Å². The Kier molecular flexibility index (Phi) is 3.32. The topological polar surface area (TPSA) is 18.0 Å². The molecule has 0 fully saturated rings. The van der Waals surface area contributed by atoms with Crippen LogP contribution in [-0.4, -0.2) is 20.8 Å². The standard InChI is InChI=1S/C7H13N2OSi/c1-3-8-5-6-9(7-8)11-10-4-2/h5-7H,3-4H2,1-2H3/q+1. The van der Waals surface area contributed by atoms with E-state index in [4.69, 9.17) is 4.43 Å². The molecular weight excluding hydrogens is 156 g/mol. The molecule has 0 saturated carbocycles. The van der Waals surface area contributed by atoms with E-state index in [2.05, 4.69) is 11.5 Å². The van der Waals surface area contributed by atoms with E-state index in [0.29, 0.717) is 9.92 Å². The van der Waals surface area contributed by atoms with Gasteiger partial charge in [-0.25, -0.2) is 4.57 Å². The fraction of sp³-hybridized carbons (Fsp3) is 0.571. The fourth-order valence-electron chi connectivity index (χ4n) is 0.774. The Bertz CT molecular complexity index is 212. The first kappa shape index (κ1) is 8.48. The van der Waals surface area contributed by atoms with Crippen LogP contribution >= 0.6 is 0 Å². The highest BCUT2D eigenvalue weighted by Crippen LogP contribution is 1.80. The molecule has 1 aromatic rings. The third-order valence-corrected chi connectivity index (χ3v) is 2.26. The Balaban J connectivity index is 2.44. The van der Waals surface area contributed by atoms with Crippen molar-refractivity contribution < 1.29 is 8.99 Å². The third kappa shape index (κ3) is 2.47. The van der Waals surface area contributed by atoms with Crippen LogP contribution in [0.4, 0.5) is 0 Å². The lowest BCUT2D eigenvalue weighted by atomic mass is 10.7. The molecule has 3 nitrogen and oxygen atoms in total. The smallest absolute Gasteiger partial charge is 0.378 e. The van der Waals surface area contributed by atoms with E-state index in [1.54, 1.807) is 0 Å². The molecule has 0 amide bonds. The molecule has 0 aliphatic rings. The Morgan fingerprint density at radius 3 is 2.91 bits per heavy atom. The molecular formula is C7H13N2OSi+. The van der Waals surface area contributed by atoms with Gasteiger partial charge in [0.25, 0.3) is 0 Å². The van der Waals surface area contributed by atoms with Gasteiger partial charge in [-0.1, -0.05) is 0 Å². The second-order valence-corrected chi connectivity index (χ2v) is 3.16. The number of aryl methyl sites for hydroxylation is 1. The lowest BCUT2D eigenvalue weighted by Crippen LogP contribution is -2.29. The average molecular weight is 169 g/mol. The Hall–Kier alpha value is -0.613. The maximum atomic E-state index is 5.25. The summed E-state index contributed by atoms with van der Waals surface area (Å²) in [5.74, 6) is 0. The normalized spacial score (nSPS) is 10.4. The van der Waals surface area contributed by atoms with Crippen molar-refractivity contribution in [3.05, 3.63) is 18.7 Å². The molecule has 0 atom stereocenters. The van der Waals surface area contributed by atoms with E-state index in [-0.39, 0.29) is 0 Å². The van der Waals surface area contributed by atoms with Gasteiger partial charge in [0.05, 0.1) is 6.54 Å². The van der Waals surface area contributed by atoms with Gasteiger partial charge >= 0.3 is 9.92 Å². The molecule has 0 saturated heterocycles. The van der Waals surface area contributed by atoms with E-state index in [1.165, 1.54) is 0 Å². The second kappa shape index (κ2) is 4.30. The monoisotopic (exact) mass is 169 g/mol. The molecule has 11 heavy (non-hydrogen) atoms.